The zero-order valence-electron chi connectivity index (χ0n) is 14.2. The lowest BCUT2D eigenvalue weighted by molar-refractivity contribution is 0.00578. The number of hydrogen-bond donors (Lipinski definition) is 1. The van der Waals surface area contributed by atoms with Crippen molar-refractivity contribution in [1.82, 2.24) is 0 Å². The van der Waals surface area contributed by atoms with Crippen LogP contribution in [0.3, 0.4) is 0 Å². The molecular formula is C17H27BO3. The number of hydrogen-bond acceptors (Lipinski definition) is 3. The largest absolute Gasteiger partial charge is 0.494 e. The molecule has 1 aliphatic rings. The molecule has 1 saturated heterocycles. The van der Waals surface area contributed by atoms with Gasteiger partial charge in [0.25, 0.3) is 0 Å². The SMILES string of the molecule is CC(O)C(C)(C)c1ccc(B2OC(C)(C)C(C)(C)O2)cc1. The minimum Gasteiger partial charge on any atom is -0.399 e. The predicted molar refractivity (Wildman–Crippen MR) is 86.9 cm³/mol. The third-order valence-corrected chi connectivity index (χ3v) is 5.22. The van der Waals surface area contributed by atoms with E-state index in [2.05, 4.69) is 27.7 Å². The Morgan fingerprint density at radius 3 is 1.81 bits per heavy atom. The highest BCUT2D eigenvalue weighted by molar-refractivity contribution is 6.62. The summed E-state index contributed by atoms with van der Waals surface area (Å²) in [6.07, 6.45) is -0.403. The fraction of sp³-hybridized carbons (Fsp3) is 0.647. The molecule has 0 aliphatic carbocycles. The molecule has 1 N–H and O–H groups in total. The van der Waals surface area contributed by atoms with Crippen LogP contribution in [0.25, 0.3) is 0 Å². The van der Waals surface area contributed by atoms with E-state index in [1.807, 2.05) is 45.0 Å². The summed E-state index contributed by atoms with van der Waals surface area (Å²) in [7, 11) is -0.335. The van der Waals surface area contributed by atoms with Crippen LogP contribution in [0.5, 0.6) is 0 Å². The number of aliphatic hydroxyl groups excluding tert-OH is 1. The highest BCUT2D eigenvalue weighted by atomic mass is 16.7. The summed E-state index contributed by atoms with van der Waals surface area (Å²) in [5.41, 5.74) is 1.20. The summed E-state index contributed by atoms with van der Waals surface area (Å²) in [5, 5.41) is 9.90. The van der Waals surface area contributed by atoms with E-state index in [1.165, 1.54) is 0 Å². The molecule has 1 fully saturated rings. The molecule has 0 radical (unpaired) electrons. The summed E-state index contributed by atoms with van der Waals surface area (Å²) in [6, 6.07) is 8.16. The molecule has 0 spiro atoms. The van der Waals surface area contributed by atoms with Crippen LogP contribution in [0.2, 0.25) is 0 Å². The molecule has 1 atom stereocenters. The molecule has 4 heteroatoms. The van der Waals surface area contributed by atoms with E-state index in [0.717, 1.165) is 11.0 Å². The van der Waals surface area contributed by atoms with E-state index < -0.39 is 6.10 Å². The minimum atomic E-state index is -0.403. The van der Waals surface area contributed by atoms with E-state index in [4.69, 9.17) is 9.31 Å². The van der Waals surface area contributed by atoms with Gasteiger partial charge in [0.05, 0.1) is 17.3 Å². The maximum Gasteiger partial charge on any atom is 0.494 e. The molecule has 0 saturated carbocycles. The molecule has 116 valence electrons. The molecule has 1 aromatic rings. The maximum absolute atomic E-state index is 9.90. The van der Waals surface area contributed by atoms with Crippen LogP contribution in [0.4, 0.5) is 0 Å². The van der Waals surface area contributed by atoms with Crippen LogP contribution in [0.15, 0.2) is 24.3 Å². The van der Waals surface area contributed by atoms with Crippen molar-refractivity contribution in [2.24, 2.45) is 0 Å². The highest BCUT2D eigenvalue weighted by Gasteiger charge is 2.51. The summed E-state index contributed by atoms with van der Waals surface area (Å²) < 4.78 is 12.1. The molecular weight excluding hydrogens is 263 g/mol. The number of benzene rings is 1. The molecule has 2 rings (SSSR count). The highest BCUT2D eigenvalue weighted by Crippen LogP contribution is 2.36. The first kappa shape index (κ1) is 16.5. The quantitative estimate of drug-likeness (QED) is 0.870. The van der Waals surface area contributed by atoms with E-state index in [0.29, 0.717) is 0 Å². The van der Waals surface area contributed by atoms with Gasteiger partial charge in [-0.1, -0.05) is 38.1 Å². The molecule has 1 unspecified atom stereocenters. The molecule has 0 bridgehead atoms. The second-order valence-electron chi connectivity index (χ2n) is 7.61. The van der Waals surface area contributed by atoms with Gasteiger partial charge in [-0.2, -0.15) is 0 Å². The normalized spacial score (nSPS) is 22.4. The van der Waals surface area contributed by atoms with Crippen LogP contribution < -0.4 is 5.46 Å². The van der Waals surface area contributed by atoms with E-state index in [-0.39, 0.29) is 23.7 Å². The summed E-state index contributed by atoms with van der Waals surface area (Å²) >= 11 is 0. The van der Waals surface area contributed by atoms with Gasteiger partial charge in [0.15, 0.2) is 0 Å². The Bertz CT molecular complexity index is 487. The monoisotopic (exact) mass is 290 g/mol. The molecule has 21 heavy (non-hydrogen) atoms. The summed E-state index contributed by atoms with van der Waals surface area (Å²) in [5.74, 6) is 0. The first-order valence-corrected chi connectivity index (χ1v) is 7.61. The van der Waals surface area contributed by atoms with Crippen LogP contribution in [0, 0.1) is 0 Å². The van der Waals surface area contributed by atoms with Gasteiger partial charge in [0.2, 0.25) is 0 Å². The lowest BCUT2D eigenvalue weighted by atomic mass is 9.75. The Hall–Kier alpha value is -0.835. The van der Waals surface area contributed by atoms with Crippen molar-refractivity contribution in [3.8, 4) is 0 Å². The van der Waals surface area contributed by atoms with Gasteiger partial charge >= 0.3 is 7.12 Å². The molecule has 1 heterocycles. The Kier molecular flexibility index (Phi) is 4.03. The first-order valence-electron chi connectivity index (χ1n) is 7.61. The molecule has 0 amide bonds. The van der Waals surface area contributed by atoms with Crippen molar-refractivity contribution >= 4 is 12.6 Å². The topological polar surface area (TPSA) is 38.7 Å². The lowest BCUT2D eigenvalue weighted by Crippen LogP contribution is -2.41. The standard InChI is InChI=1S/C17H27BO3/c1-12(19)15(2,3)13-8-10-14(11-9-13)18-20-16(4,5)17(6,7)21-18/h8-12,19H,1-7H3. The molecule has 0 aromatic heterocycles. The molecule has 1 aromatic carbocycles. The van der Waals surface area contributed by atoms with Gasteiger partial charge in [-0.3, -0.25) is 0 Å². The third-order valence-electron chi connectivity index (χ3n) is 5.22. The number of aliphatic hydroxyl groups is 1. The molecule has 1 aliphatic heterocycles. The smallest absolute Gasteiger partial charge is 0.399 e. The van der Waals surface area contributed by atoms with Crippen molar-refractivity contribution in [3.05, 3.63) is 29.8 Å². The Morgan fingerprint density at radius 2 is 1.43 bits per heavy atom. The lowest BCUT2D eigenvalue weighted by Gasteiger charge is -2.32. The van der Waals surface area contributed by atoms with Crippen molar-refractivity contribution in [2.75, 3.05) is 0 Å². The zero-order chi connectivity index (χ0) is 16.1. The van der Waals surface area contributed by atoms with Gasteiger partial charge in [-0.25, -0.2) is 0 Å². The summed E-state index contributed by atoms with van der Waals surface area (Å²) in [4.78, 5) is 0. The van der Waals surface area contributed by atoms with Gasteiger partial charge in [0, 0.05) is 5.41 Å². The van der Waals surface area contributed by atoms with Crippen LogP contribution in [-0.2, 0) is 14.7 Å². The van der Waals surface area contributed by atoms with Crippen molar-refractivity contribution in [3.63, 3.8) is 0 Å². The van der Waals surface area contributed by atoms with Gasteiger partial charge in [0.1, 0.15) is 0 Å². The maximum atomic E-state index is 9.90. The fourth-order valence-corrected chi connectivity index (χ4v) is 2.29. The average molecular weight is 290 g/mol. The summed E-state index contributed by atoms with van der Waals surface area (Å²) in [6.45, 7) is 14.1. The molecule has 3 nitrogen and oxygen atoms in total. The zero-order valence-corrected chi connectivity index (χ0v) is 14.2. The second kappa shape index (κ2) is 5.11. The van der Waals surface area contributed by atoms with Crippen LogP contribution in [0.1, 0.15) is 54.0 Å². The minimum absolute atomic E-state index is 0.269. The van der Waals surface area contributed by atoms with Crippen molar-refractivity contribution in [1.29, 1.82) is 0 Å². The fourth-order valence-electron chi connectivity index (χ4n) is 2.29. The van der Waals surface area contributed by atoms with E-state index in [9.17, 15) is 5.11 Å². The van der Waals surface area contributed by atoms with Crippen molar-refractivity contribution in [2.45, 2.75) is 71.2 Å². The Labute approximate surface area is 128 Å². The van der Waals surface area contributed by atoms with E-state index in [1.54, 1.807) is 0 Å². The Morgan fingerprint density at radius 1 is 1.00 bits per heavy atom. The van der Waals surface area contributed by atoms with Crippen molar-refractivity contribution < 1.29 is 14.4 Å². The van der Waals surface area contributed by atoms with E-state index >= 15 is 0 Å². The average Bonchev–Trinajstić information content (AvgIpc) is 2.58. The van der Waals surface area contributed by atoms with Gasteiger partial charge < -0.3 is 14.4 Å². The first-order chi connectivity index (χ1) is 9.47. The second-order valence-corrected chi connectivity index (χ2v) is 7.61. The van der Waals surface area contributed by atoms with Crippen LogP contribution >= 0.6 is 0 Å². The Balaban J connectivity index is 2.22. The van der Waals surface area contributed by atoms with Crippen LogP contribution in [-0.4, -0.2) is 29.5 Å². The predicted octanol–water partition coefficient (Wildman–Crippen LogP) is 2.64. The number of rotatable bonds is 3. The third kappa shape index (κ3) is 2.89. The van der Waals surface area contributed by atoms with Gasteiger partial charge in [-0.15, -0.1) is 0 Å². The van der Waals surface area contributed by atoms with Gasteiger partial charge in [-0.05, 0) is 45.6 Å².